The molecule has 1 aromatic rings. The highest BCUT2D eigenvalue weighted by Crippen LogP contribution is 2.47. The van der Waals surface area contributed by atoms with E-state index in [0.29, 0.717) is 11.1 Å². The first-order valence-corrected chi connectivity index (χ1v) is 7.09. The van der Waals surface area contributed by atoms with E-state index >= 15 is 0 Å². The van der Waals surface area contributed by atoms with Gasteiger partial charge in [0.05, 0.1) is 17.2 Å². The Bertz CT molecular complexity index is 499. The molecule has 112 valence electrons. The van der Waals surface area contributed by atoms with Gasteiger partial charge < -0.3 is 4.74 Å². The molecule has 1 aliphatic heterocycles. The number of rotatable bonds is 3. The second-order valence-electron chi connectivity index (χ2n) is 6.90. The first kappa shape index (κ1) is 15.4. The van der Waals surface area contributed by atoms with Gasteiger partial charge in [0.2, 0.25) is 0 Å². The average molecular weight is 280 g/mol. The van der Waals surface area contributed by atoms with Crippen LogP contribution in [0.25, 0.3) is 0 Å². The minimum Gasteiger partial charge on any atom is -0.369 e. The van der Waals surface area contributed by atoms with Gasteiger partial charge in [-0.3, -0.25) is 11.3 Å². The molecule has 2 rings (SSSR count). The van der Waals surface area contributed by atoms with Crippen molar-refractivity contribution in [2.24, 2.45) is 11.8 Å². The molecule has 2 atom stereocenters. The largest absolute Gasteiger partial charge is 0.369 e. The zero-order valence-electron chi connectivity index (χ0n) is 13.0. The number of ether oxygens (including phenoxy) is 1. The van der Waals surface area contributed by atoms with Crippen LogP contribution < -0.4 is 11.3 Å². The number of hydrazine groups is 1. The van der Waals surface area contributed by atoms with Crippen LogP contribution in [0.4, 0.5) is 4.39 Å². The quantitative estimate of drug-likeness (QED) is 0.660. The fourth-order valence-electron chi connectivity index (χ4n) is 3.46. The van der Waals surface area contributed by atoms with Gasteiger partial charge in [-0.2, -0.15) is 0 Å². The Balaban J connectivity index is 2.40. The highest BCUT2D eigenvalue weighted by molar-refractivity contribution is 5.29. The Labute approximate surface area is 120 Å². The molecule has 1 heterocycles. The Morgan fingerprint density at radius 2 is 2.00 bits per heavy atom. The van der Waals surface area contributed by atoms with Crippen molar-refractivity contribution in [3.05, 3.63) is 35.1 Å². The molecular formula is C16H25FN2O. The third-order valence-electron chi connectivity index (χ3n) is 4.28. The minimum absolute atomic E-state index is 0.110. The van der Waals surface area contributed by atoms with Gasteiger partial charge in [-0.15, -0.1) is 0 Å². The van der Waals surface area contributed by atoms with Crippen molar-refractivity contribution in [3.63, 3.8) is 0 Å². The van der Waals surface area contributed by atoms with E-state index in [1.165, 1.54) is 0 Å². The first-order valence-electron chi connectivity index (χ1n) is 7.09. The number of halogens is 1. The van der Waals surface area contributed by atoms with Gasteiger partial charge in [0, 0.05) is 11.5 Å². The lowest BCUT2D eigenvalue weighted by Gasteiger charge is -2.33. The standard InChI is InChI=1S/C16H25FN2O/c1-10-7-6-8-11(13(10)17)14(19-18)12-9-15(2,3)20-16(12,4)5/h6-8,12,14,19H,9,18H2,1-5H3. The van der Waals surface area contributed by atoms with E-state index in [4.69, 9.17) is 10.6 Å². The molecule has 0 bridgehead atoms. The summed E-state index contributed by atoms with van der Waals surface area (Å²) in [6.07, 6.45) is 0.836. The highest BCUT2D eigenvalue weighted by Gasteiger charge is 2.49. The van der Waals surface area contributed by atoms with E-state index in [1.54, 1.807) is 19.1 Å². The number of benzene rings is 1. The van der Waals surface area contributed by atoms with Crippen LogP contribution in [0.3, 0.4) is 0 Å². The highest BCUT2D eigenvalue weighted by atomic mass is 19.1. The Morgan fingerprint density at radius 3 is 2.50 bits per heavy atom. The lowest BCUT2D eigenvalue weighted by molar-refractivity contribution is -0.0779. The monoisotopic (exact) mass is 280 g/mol. The fourth-order valence-corrected chi connectivity index (χ4v) is 3.46. The number of hydrogen-bond donors (Lipinski definition) is 2. The van der Waals surface area contributed by atoms with E-state index in [9.17, 15) is 4.39 Å². The maximum absolute atomic E-state index is 14.4. The summed E-state index contributed by atoms with van der Waals surface area (Å²) in [5.41, 5.74) is 3.49. The minimum atomic E-state index is -0.350. The summed E-state index contributed by atoms with van der Waals surface area (Å²) in [5, 5.41) is 0. The molecule has 0 spiro atoms. The van der Waals surface area contributed by atoms with Crippen molar-refractivity contribution in [1.82, 2.24) is 5.43 Å². The van der Waals surface area contributed by atoms with Crippen LogP contribution in [0.5, 0.6) is 0 Å². The van der Waals surface area contributed by atoms with Crippen LogP contribution in [0.1, 0.15) is 51.3 Å². The van der Waals surface area contributed by atoms with Crippen LogP contribution in [-0.2, 0) is 4.74 Å². The molecule has 0 radical (unpaired) electrons. The van der Waals surface area contributed by atoms with E-state index in [-0.39, 0.29) is 29.0 Å². The van der Waals surface area contributed by atoms with Crippen LogP contribution in [0, 0.1) is 18.7 Å². The van der Waals surface area contributed by atoms with Crippen molar-refractivity contribution < 1.29 is 9.13 Å². The van der Waals surface area contributed by atoms with Gasteiger partial charge in [-0.05, 0) is 46.6 Å². The smallest absolute Gasteiger partial charge is 0.130 e. The van der Waals surface area contributed by atoms with Crippen molar-refractivity contribution >= 4 is 0 Å². The summed E-state index contributed by atoms with van der Waals surface area (Å²) in [7, 11) is 0. The Kier molecular flexibility index (Phi) is 3.93. The third-order valence-corrected chi connectivity index (χ3v) is 4.28. The second kappa shape index (κ2) is 5.10. The van der Waals surface area contributed by atoms with Gasteiger partial charge in [0.1, 0.15) is 5.82 Å². The summed E-state index contributed by atoms with van der Waals surface area (Å²) < 4.78 is 20.5. The molecule has 1 aliphatic rings. The lowest BCUT2D eigenvalue weighted by atomic mass is 9.79. The molecule has 20 heavy (non-hydrogen) atoms. The topological polar surface area (TPSA) is 47.3 Å². The van der Waals surface area contributed by atoms with Crippen LogP contribution >= 0.6 is 0 Å². The molecule has 1 saturated heterocycles. The summed E-state index contributed by atoms with van der Waals surface area (Å²) in [4.78, 5) is 0. The van der Waals surface area contributed by atoms with E-state index in [2.05, 4.69) is 19.3 Å². The SMILES string of the molecule is Cc1cccc(C(NN)C2CC(C)(C)OC2(C)C)c1F. The number of hydrogen-bond acceptors (Lipinski definition) is 3. The van der Waals surface area contributed by atoms with Crippen molar-refractivity contribution in [1.29, 1.82) is 0 Å². The van der Waals surface area contributed by atoms with Crippen LogP contribution in [0.15, 0.2) is 18.2 Å². The lowest BCUT2D eigenvalue weighted by Crippen LogP contribution is -2.41. The maximum Gasteiger partial charge on any atom is 0.130 e. The molecule has 0 amide bonds. The van der Waals surface area contributed by atoms with Crippen molar-refractivity contribution in [3.8, 4) is 0 Å². The van der Waals surface area contributed by atoms with Crippen LogP contribution in [-0.4, -0.2) is 11.2 Å². The summed E-state index contributed by atoms with van der Waals surface area (Å²) >= 11 is 0. The van der Waals surface area contributed by atoms with Gasteiger partial charge in [0.15, 0.2) is 0 Å². The Morgan fingerprint density at radius 1 is 1.35 bits per heavy atom. The Hall–Kier alpha value is -0.970. The van der Waals surface area contributed by atoms with Gasteiger partial charge in [0.25, 0.3) is 0 Å². The molecule has 3 nitrogen and oxygen atoms in total. The predicted octanol–water partition coefficient (Wildman–Crippen LogP) is 3.23. The van der Waals surface area contributed by atoms with Crippen molar-refractivity contribution in [2.45, 2.75) is 58.3 Å². The summed E-state index contributed by atoms with van der Waals surface area (Å²) in [6.45, 7) is 9.99. The van der Waals surface area contributed by atoms with E-state index in [0.717, 1.165) is 6.42 Å². The molecule has 2 unspecified atom stereocenters. The normalized spacial score (nSPS) is 25.6. The van der Waals surface area contributed by atoms with Crippen molar-refractivity contribution in [2.75, 3.05) is 0 Å². The van der Waals surface area contributed by atoms with E-state index < -0.39 is 0 Å². The molecule has 1 aromatic carbocycles. The zero-order valence-corrected chi connectivity index (χ0v) is 13.0. The number of nitrogens with two attached hydrogens (primary N) is 1. The molecule has 0 aliphatic carbocycles. The molecule has 3 N–H and O–H groups in total. The fraction of sp³-hybridized carbons (Fsp3) is 0.625. The predicted molar refractivity (Wildman–Crippen MR) is 78.6 cm³/mol. The van der Waals surface area contributed by atoms with Gasteiger partial charge in [-0.1, -0.05) is 18.2 Å². The number of aryl methyl sites for hydroxylation is 1. The average Bonchev–Trinajstić information content (AvgIpc) is 2.54. The molecule has 0 aromatic heterocycles. The molecule has 4 heteroatoms. The summed E-state index contributed by atoms with van der Waals surface area (Å²) in [5.74, 6) is 5.67. The number of nitrogens with one attached hydrogen (secondary N) is 1. The molecular weight excluding hydrogens is 255 g/mol. The molecule has 0 saturated carbocycles. The van der Waals surface area contributed by atoms with E-state index in [1.807, 2.05) is 19.9 Å². The van der Waals surface area contributed by atoms with Gasteiger partial charge >= 0.3 is 0 Å². The third kappa shape index (κ3) is 2.73. The molecule has 1 fully saturated rings. The maximum atomic E-state index is 14.4. The summed E-state index contributed by atoms with van der Waals surface area (Å²) in [6, 6.07) is 5.18. The van der Waals surface area contributed by atoms with Crippen LogP contribution in [0.2, 0.25) is 0 Å². The second-order valence-corrected chi connectivity index (χ2v) is 6.90. The van der Waals surface area contributed by atoms with Gasteiger partial charge in [-0.25, -0.2) is 4.39 Å². The zero-order chi connectivity index (χ0) is 15.1. The first-order chi connectivity index (χ1) is 9.18.